The predicted molar refractivity (Wildman–Crippen MR) is 80.0 cm³/mol. The molecule has 0 saturated heterocycles. The van der Waals surface area contributed by atoms with Gasteiger partial charge in [-0.25, -0.2) is 0 Å². The predicted octanol–water partition coefficient (Wildman–Crippen LogP) is 3.24. The standard InChI is InChI=1S/C14H16Cl2N2O2/c1-8(2)17-12(19)14(5-6-14)13(20)18-11-7-9(15)3-4-10(11)16/h3-4,7-8H,5-6H2,1-2H3,(H,17,19)(H,18,20). The van der Waals surface area contributed by atoms with E-state index in [0.29, 0.717) is 28.6 Å². The van der Waals surface area contributed by atoms with Gasteiger partial charge in [0.15, 0.2) is 0 Å². The number of anilines is 1. The van der Waals surface area contributed by atoms with Crippen LogP contribution in [0.25, 0.3) is 0 Å². The summed E-state index contributed by atoms with van der Waals surface area (Å²) in [6, 6.07) is 4.81. The van der Waals surface area contributed by atoms with Crippen molar-refractivity contribution in [2.75, 3.05) is 5.32 Å². The number of rotatable bonds is 4. The molecule has 1 aliphatic rings. The van der Waals surface area contributed by atoms with Crippen molar-refractivity contribution in [1.29, 1.82) is 0 Å². The van der Waals surface area contributed by atoms with Gasteiger partial charge in [0.1, 0.15) is 5.41 Å². The van der Waals surface area contributed by atoms with Crippen LogP contribution in [0.2, 0.25) is 10.0 Å². The molecule has 1 fully saturated rings. The third-order valence-electron chi connectivity index (χ3n) is 3.22. The lowest BCUT2D eigenvalue weighted by atomic mass is 10.0. The van der Waals surface area contributed by atoms with Crippen LogP contribution in [0.1, 0.15) is 26.7 Å². The van der Waals surface area contributed by atoms with Crippen LogP contribution in [-0.4, -0.2) is 17.9 Å². The summed E-state index contributed by atoms with van der Waals surface area (Å²) in [6.45, 7) is 3.72. The second-order valence-corrected chi connectivity index (χ2v) is 6.13. The minimum absolute atomic E-state index is 0.00235. The first-order chi connectivity index (χ1) is 9.35. The van der Waals surface area contributed by atoms with Crippen LogP contribution in [0, 0.1) is 5.41 Å². The molecule has 0 radical (unpaired) electrons. The van der Waals surface area contributed by atoms with Gasteiger partial charge in [-0.05, 0) is 44.9 Å². The highest BCUT2D eigenvalue weighted by Gasteiger charge is 2.56. The monoisotopic (exact) mass is 314 g/mol. The van der Waals surface area contributed by atoms with Crippen molar-refractivity contribution >= 4 is 40.7 Å². The van der Waals surface area contributed by atoms with Crippen LogP contribution in [0.3, 0.4) is 0 Å². The molecule has 1 aromatic rings. The second kappa shape index (κ2) is 5.62. The van der Waals surface area contributed by atoms with Gasteiger partial charge in [-0.3, -0.25) is 9.59 Å². The van der Waals surface area contributed by atoms with Crippen LogP contribution in [-0.2, 0) is 9.59 Å². The van der Waals surface area contributed by atoms with E-state index in [1.807, 2.05) is 13.8 Å². The van der Waals surface area contributed by atoms with Gasteiger partial charge in [0.2, 0.25) is 11.8 Å². The molecule has 108 valence electrons. The Morgan fingerprint density at radius 2 is 1.85 bits per heavy atom. The molecule has 0 heterocycles. The first kappa shape index (κ1) is 15.1. The molecule has 4 nitrogen and oxygen atoms in total. The Morgan fingerprint density at radius 1 is 1.20 bits per heavy atom. The van der Waals surface area contributed by atoms with E-state index < -0.39 is 5.41 Å². The number of halogens is 2. The lowest BCUT2D eigenvalue weighted by molar-refractivity contribution is -0.134. The van der Waals surface area contributed by atoms with Crippen molar-refractivity contribution in [3.63, 3.8) is 0 Å². The van der Waals surface area contributed by atoms with E-state index in [1.54, 1.807) is 18.2 Å². The van der Waals surface area contributed by atoms with E-state index in [2.05, 4.69) is 10.6 Å². The summed E-state index contributed by atoms with van der Waals surface area (Å²) in [7, 11) is 0. The third-order valence-corrected chi connectivity index (χ3v) is 3.78. The first-order valence-electron chi connectivity index (χ1n) is 6.42. The van der Waals surface area contributed by atoms with E-state index in [9.17, 15) is 9.59 Å². The van der Waals surface area contributed by atoms with Crippen molar-refractivity contribution in [2.45, 2.75) is 32.7 Å². The Labute approximate surface area is 127 Å². The van der Waals surface area contributed by atoms with Crippen LogP contribution < -0.4 is 10.6 Å². The maximum atomic E-state index is 12.3. The average Bonchev–Trinajstić information content (AvgIpc) is 3.14. The molecule has 0 unspecified atom stereocenters. The normalized spacial score (nSPS) is 15.8. The number of nitrogens with one attached hydrogen (secondary N) is 2. The lowest BCUT2D eigenvalue weighted by Crippen LogP contribution is -2.42. The molecule has 0 atom stereocenters. The van der Waals surface area contributed by atoms with Crippen molar-refractivity contribution in [3.8, 4) is 0 Å². The van der Waals surface area contributed by atoms with Crippen molar-refractivity contribution in [1.82, 2.24) is 5.32 Å². The quantitative estimate of drug-likeness (QED) is 0.838. The zero-order valence-corrected chi connectivity index (χ0v) is 12.8. The average molecular weight is 315 g/mol. The number of benzene rings is 1. The van der Waals surface area contributed by atoms with E-state index in [4.69, 9.17) is 23.2 Å². The van der Waals surface area contributed by atoms with E-state index >= 15 is 0 Å². The van der Waals surface area contributed by atoms with Gasteiger partial charge in [-0.15, -0.1) is 0 Å². The molecule has 2 rings (SSSR count). The molecule has 2 amide bonds. The Kier molecular flexibility index (Phi) is 4.25. The largest absolute Gasteiger partial charge is 0.353 e. The number of carbonyl (C=O) groups excluding carboxylic acids is 2. The molecule has 2 N–H and O–H groups in total. The summed E-state index contributed by atoms with van der Waals surface area (Å²) in [5.74, 6) is -0.567. The minimum Gasteiger partial charge on any atom is -0.353 e. The first-order valence-corrected chi connectivity index (χ1v) is 7.18. The summed E-state index contributed by atoms with van der Waals surface area (Å²) in [5, 5.41) is 6.34. The smallest absolute Gasteiger partial charge is 0.240 e. The van der Waals surface area contributed by atoms with Crippen LogP contribution >= 0.6 is 23.2 Å². The van der Waals surface area contributed by atoms with Gasteiger partial charge in [0.05, 0.1) is 10.7 Å². The molecule has 6 heteroatoms. The van der Waals surface area contributed by atoms with Gasteiger partial charge >= 0.3 is 0 Å². The topological polar surface area (TPSA) is 58.2 Å². The molecule has 0 aromatic heterocycles. The molecular weight excluding hydrogens is 299 g/mol. The van der Waals surface area contributed by atoms with Crippen LogP contribution in [0.5, 0.6) is 0 Å². The molecular formula is C14H16Cl2N2O2. The second-order valence-electron chi connectivity index (χ2n) is 5.29. The molecule has 1 aliphatic carbocycles. The minimum atomic E-state index is -0.962. The Bertz CT molecular complexity index is 554. The molecule has 1 aromatic carbocycles. The molecule has 0 spiro atoms. The molecule has 1 saturated carbocycles. The molecule has 20 heavy (non-hydrogen) atoms. The molecule has 0 aliphatic heterocycles. The fourth-order valence-electron chi connectivity index (χ4n) is 1.92. The summed E-state index contributed by atoms with van der Waals surface area (Å²) in [5.41, 5.74) is -0.539. The fraction of sp³-hybridized carbons (Fsp3) is 0.429. The zero-order chi connectivity index (χ0) is 14.9. The van der Waals surface area contributed by atoms with Gasteiger partial charge in [0, 0.05) is 11.1 Å². The van der Waals surface area contributed by atoms with Crippen LogP contribution in [0.15, 0.2) is 18.2 Å². The highest BCUT2D eigenvalue weighted by atomic mass is 35.5. The molecule has 0 bridgehead atoms. The summed E-state index contributed by atoms with van der Waals surface area (Å²) in [4.78, 5) is 24.4. The summed E-state index contributed by atoms with van der Waals surface area (Å²) >= 11 is 11.9. The number of hydrogen-bond acceptors (Lipinski definition) is 2. The summed E-state index contributed by atoms with van der Waals surface area (Å²) < 4.78 is 0. The Morgan fingerprint density at radius 3 is 2.40 bits per heavy atom. The maximum Gasteiger partial charge on any atom is 0.240 e. The van der Waals surface area contributed by atoms with E-state index in [0.717, 1.165) is 0 Å². The van der Waals surface area contributed by atoms with Gasteiger partial charge < -0.3 is 10.6 Å². The highest BCUT2D eigenvalue weighted by molar-refractivity contribution is 6.36. The van der Waals surface area contributed by atoms with Crippen molar-refractivity contribution in [3.05, 3.63) is 28.2 Å². The third kappa shape index (κ3) is 3.07. The number of hydrogen-bond donors (Lipinski definition) is 2. The highest BCUT2D eigenvalue weighted by Crippen LogP contribution is 2.47. The van der Waals surface area contributed by atoms with Crippen LogP contribution in [0.4, 0.5) is 5.69 Å². The number of carbonyl (C=O) groups is 2. The van der Waals surface area contributed by atoms with E-state index in [1.165, 1.54) is 0 Å². The number of amides is 2. The van der Waals surface area contributed by atoms with E-state index in [-0.39, 0.29) is 17.9 Å². The SMILES string of the molecule is CC(C)NC(=O)C1(C(=O)Nc2cc(Cl)ccc2Cl)CC1. The van der Waals surface area contributed by atoms with Gasteiger partial charge in [-0.2, -0.15) is 0 Å². The van der Waals surface area contributed by atoms with Crippen molar-refractivity contribution < 1.29 is 9.59 Å². The lowest BCUT2D eigenvalue weighted by Gasteiger charge is -2.17. The van der Waals surface area contributed by atoms with Crippen molar-refractivity contribution in [2.24, 2.45) is 5.41 Å². The fourth-order valence-corrected chi connectivity index (χ4v) is 2.25. The maximum absolute atomic E-state index is 12.3. The zero-order valence-electron chi connectivity index (χ0n) is 11.3. The van der Waals surface area contributed by atoms with Gasteiger partial charge in [-0.1, -0.05) is 23.2 Å². The summed E-state index contributed by atoms with van der Waals surface area (Å²) in [6.07, 6.45) is 1.10. The Hall–Kier alpha value is -1.26. The Balaban J connectivity index is 2.12. The van der Waals surface area contributed by atoms with Gasteiger partial charge in [0.25, 0.3) is 0 Å².